The lowest BCUT2D eigenvalue weighted by atomic mass is 10.2. The Balaban J connectivity index is 2.61. The summed E-state index contributed by atoms with van der Waals surface area (Å²) in [6, 6.07) is 3.24. The second-order valence-electron chi connectivity index (χ2n) is 2.88. The second-order valence-corrected chi connectivity index (χ2v) is 2.88. The first-order chi connectivity index (χ1) is 6.72. The Morgan fingerprint density at radius 3 is 3.07 bits per heavy atom. The van der Waals surface area contributed by atoms with Crippen LogP contribution in [0.4, 0.5) is 5.69 Å². The normalized spacial score (nSPS) is 10.6. The Morgan fingerprint density at radius 1 is 1.57 bits per heavy atom. The van der Waals surface area contributed by atoms with Gasteiger partial charge in [-0.15, -0.1) is 0 Å². The summed E-state index contributed by atoms with van der Waals surface area (Å²) in [6.07, 6.45) is 1.21. The van der Waals surface area contributed by atoms with Gasteiger partial charge in [0, 0.05) is 6.07 Å². The van der Waals surface area contributed by atoms with E-state index in [1.54, 1.807) is 12.1 Å². The molecule has 0 unspecified atom stereocenters. The number of nitrogens with two attached hydrogens (primary N) is 1. The van der Waals surface area contributed by atoms with Crippen molar-refractivity contribution >= 4 is 16.7 Å². The summed E-state index contributed by atoms with van der Waals surface area (Å²) in [5, 5.41) is 11.2. The van der Waals surface area contributed by atoms with Gasteiger partial charge >= 0.3 is 0 Å². The van der Waals surface area contributed by atoms with Gasteiger partial charge in [-0.3, -0.25) is 0 Å². The van der Waals surface area contributed by atoms with Crippen LogP contribution in [0.2, 0.25) is 0 Å². The molecule has 0 spiro atoms. The Hall–Kier alpha value is -1.91. The van der Waals surface area contributed by atoms with Crippen LogP contribution in [0.25, 0.3) is 11.0 Å². The zero-order valence-electron chi connectivity index (χ0n) is 7.73. The van der Waals surface area contributed by atoms with E-state index in [1.807, 2.05) is 6.92 Å². The van der Waals surface area contributed by atoms with E-state index in [4.69, 9.17) is 10.5 Å². The number of rotatable bonds is 2. The SMILES string of the molecule is CCOc1cc2c(cc1N)ncn2[O-]. The fourth-order valence-electron chi connectivity index (χ4n) is 1.31. The van der Waals surface area contributed by atoms with E-state index in [0.29, 0.717) is 33.8 Å². The molecule has 2 rings (SSSR count). The molecular weight excluding hydrogens is 182 g/mol. The summed E-state index contributed by atoms with van der Waals surface area (Å²) in [5.74, 6) is 0.526. The van der Waals surface area contributed by atoms with Crippen molar-refractivity contribution in [2.24, 2.45) is 0 Å². The van der Waals surface area contributed by atoms with Crippen molar-refractivity contribution in [1.82, 2.24) is 9.71 Å². The van der Waals surface area contributed by atoms with Gasteiger partial charge in [0.2, 0.25) is 0 Å². The molecule has 0 bridgehead atoms. The molecule has 0 fully saturated rings. The maximum atomic E-state index is 11.2. The van der Waals surface area contributed by atoms with Crippen LogP contribution in [0.1, 0.15) is 6.92 Å². The molecule has 0 aliphatic rings. The van der Waals surface area contributed by atoms with Gasteiger partial charge in [0.25, 0.3) is 0 Å². The van der Waals surface area contributed by atoms with E-state index in [0.717, 1.165) is 0 Å². The van der Waals surface area contributed by atoms with Crippen molar-refractivity contribution < 1.29 is 4.74 Å². The molecule has 0 amide bonds. The largest absolute Gasteiger partial charge is 0.805 e. The first kappa shape index (κ1) is 8.68. The lowest BCUT2D eigenvalue weighted by molar-refractivity contribution is 0.342. The smallest absolute Gasteiger partial charge is 0.144 e. The van der Waals surface area contributed by atoms with E-state index in [2.05, 4.69) is 4.98 Å². The van der Waals surface area contributed by atoms with Gasteiger partial charge in [-0.25, -0.2) is 4.98 Å². The topological polar surface area (TPSA) is 76.1 Å². The highest BCUT2D eigenvalue weighted by molar-refractivity contribution is 5.82. The molecule has 0 aliphatic heterocycles. The highest BCUT2D eigenvalue weighted by atomic mass is 16.5. The average molecular weight is 192 g/mol. The third-order valence-electron chi connectivity index (χ3n) is 1.95. The molecule has 14 heavy (non-hydrogen) atoms. The summed E-state index contributed by atoms with van der Waals surface area (Å²) in [4.78, 5) is 3.90. The molecule has 2 aromatic rings. The predicted octanol–water partition coefficient (Wildman–Crippen LogP) is 1.36. The zero-order valence-corrected chi connectivity index (χ0v) is 7.73. The Labute approximate surface area is 80.7 Å². The number of aromatic nitrogens is 2. The fourth-order valence-corrected chi connectivity index (χ4v) is 1.31. The third-order valence-corrected chi connectivity index (χ3v) is 1.95. The van der Waals surface area contributed by atoms with Gasteiger partial charge in [0.15, 0.2) is 0 Å². The molecule has 2 N–H and O–H groups in total. The fraction of sp³-hybridized carbons (Fsp3) is 0.222. The van der Waals surface area contributed by atoms with E-state index in [9.17, 15) is 5.21 Å². The molecular formula is C9H10N3O2-. The lowest BCUT2D eigenvalue weighted by Crippen LogP contribution is -1.97. The molecule has 5 nitrogen and oxygen atoms in total. The average Bonchev–Trinajstić information content (AvgIpc) is 2.49. The van der Waals surface area contributed by atoms with Crippen LogP contribution in [-0.4, -0.2) is 16.3 Å². The molecule has 5 heteroatoms. The maximum absolute atomic E-state index is 11.2. The quantitative estimate of drug-likeness (QED) is 0.729. The number of imidazole rings is 1. The number of nitrogens with zero attached hydrogens (tertiary/aromatic N) is 2. The first-order valence-electron chi connectivity index (χ1n) is 4.29. The molecule has 1 aromatic heterocycles. The third kappa shape index (κ3) is 1.22. The van der Waals surface area contributed by atoms with E-state index < -0.39 is 0 Å². The minimum atomic E-state index is 0.475. The van der Waals surface area contributed by atoms with Gasteiger partial charge in [-0.2, -0.15) is 0 Å². The Bertz CT molecular complexity index is 464. The second kappa shape index (κ2) is 3.10. The Kier molecular flexibility index (Phi) is 1.92. The summed E-state index contributed by atoms with van der Waals surface area (Å²) in [7, 11) is 0. The van der Waals surface area contributed by atoms with Crippen LogP contribution < -0.4 is 10.5 Å². The van der Waals surface area contributed by atoms with E-state index >= 15 is 0 Å². The van der Waals surface area contributed by atoms with E-state index in [-0.39, 0.29) is 0 Å². The van der Waals surface area contributed by atoms with E-state index in [1.165, 1.54) is 6.33 Å². The minimum Gasteiger partial charge on any atom is -0.805 e. The van der Waals surface area contributed by atoms with Crippen LogP contribution in [0.3, 0.4) is 0 Å². The molecule has 0 saturated carbocycles. The molecule has 74 valence electrons. The molecule has 0 saturated heterocycles. The summed E-state index contributed by atoms with van der Waals surface area (Å²) >= 11 is 0. The highest BCUT2D eigenvalue weighted by Gasteiger charge is 2.04. The van der Waals surface area contributed by atoms with Crippen LogP contribution in [0.5, 0.6) is 5.75 Å². The van der Waals surface area contributed by atoms with Crippen LogP contribution in [0, 0.1) is 5.21 Å². The Morgan fingerprint density at radius 2 is 2.36 bits per heavy atom. The number of fused-ring (bicyclic) bond motifs is 1. The van der Waals surface area contributed by atoms with Gasteiger partial charge in [0.05, 0.1) is 29.7 Å². The van der Waals surface area contributed by atoms with Gasteiger partial charge in [-0.1, -0.05) is 0 Å². The molecule has 1 aromatic carbocycles. The van der Waals surface area contributed by atoms with Crippen LogP contribution in [-0.2, 0) is 0 Å². The van der Waals surface area contributed by atoms with Crippen LogP contribution in [0.15, 0.2) is 18.5 Å². The predicted molar refractivity (Wildman–Crippen MR) is 54.1 cm³/mol. The zero-order chi connectivity index (χ0) is 10.1. The summed E-state index contributed by atoms with van der Waals surface area (Å²) in [5.41, 5.74) is 7.26. The van der Waals surface area contributed by atoms with Gasteiger partial charge < -0.3 is 20.4 Å². The monoisotopic (exact) mass is 192 g/mol. The molecule has 1 heterocycles. The number of anilines is 1. The van der Waals surface area contributed by atoms with Crippen LogP contribution >= 0.6 is 0 Å². The van der Waals surface area contributed by atoms with Crippen molar-refractivity contribution in [2.75, 3.05) is 12.3 Å². The van der Waals surface area contributed by atoms with Crippen molar-refractivity contribution in [3.8, 4) is 5.75 Å². The molecule has 0 aliphatic carbocycles. The van der Waals surface area contributed by atoms with Crippen molar-refractivity contribution in [2.45, 2.75) is 6.92 Å². The maximum Gasteiger partial charge on any atom is 0.144 e. The van der Waals surface area contributed by atoms with Gasteiger partial charge in [-0.05, 0) is 13.0 Å². The number of hydrogen-bond donors (Lipinski definition) is 1. The highest BCUT2D eigenvalue weighted by Crippen LogP contribution is 2.27. The van der Waals surface area contributed by atoms with Crippen molar-refractivity contribution in [1.29, 1.82) is 0 Å². The molecule has 0 atom stereocenters. The minimum absolute atomic E-state index is 0.475. The number of hydrogen-bond acceptors (Lipinski definition) is 4. The number of benzene rings is 1. The first-order valence-corrected chi connectivity index (χ1v) is 4.29. The number of ether oxygens (including phenoxy) is 1. The van der Waals surface area contributed by atoms with Gasteiger partial charge in [0.1, 0.15) is 5.75 Å². The number of nitrogen functional groups attached to an aromatic ring is 1. The standard InChI is InChI=1S/C9H10N3O2/c1-2-14-9-4-8-7(3-6(9)10)11-5-12(8)13/h3-5H,2,10H2,1H3/q-1. The molecule has 0 radical (unpaired) electrons. The van der Waals surface area contributed by atoms with Crippen molar-refractivity contribution in [3.05, 3.63) is 23.7 Å². The summed E-state index contributed by atoms with van der Waals surface area (Å²) in [6.45, 7) is 2.38. The van der Waals surface area contributed by atoms with Crippen molar-refractivity contribution in [3.63, 3.8) is 0 Å². The summed E-state index contributed by atoms with van der Waals surface area (Å²) < 4.78 is 5.96. The lowest BCUT2D eigenvalue weighted by Gasteiger charge is -2.09.